The van der Waals surface area contributed by atoms with Gasteiger partial charge in [0.05, 0.1) is 12.5 Å². The highest BCUT2D eigenvalue weighted by molar-refractivity contribution is 5.78. The van der Waals surface area contributed by atoms with Gasteiger partial charge in [-0.25, -0.2) is 0 Å². The molecule has 0 radical (unpaired) electrons. The minimum absolute atomic E-state index is 0.0445. The zero-order valence-electron chi connectivity index (χ0n) is 9.29. The molecule has 0 saturated carbocycles. The Morgan fingerprint density at radius 3 is 2.15 bits per heavy atom. The number of aliphatic hydroxyl groups is 1. The highest BCUT2D eigenvalue weighted by Crippen LogP contribution is 2.12. The van der Waals surface area contributed by atoms with Crippen molar-refractivity contribution in [1.29, 1.82) is 0 Å². The summed E-state index contributed by atoms with van der Waals surface area (Å²) in [6, 6.07) is 0. The minimum Gasteiger partial charge on any atom is -0.396 e. The molecule has 0 saturated heterocycles. The Balaban J connectivity index is 4.17. The van der Waals surface area contributed by atoms with Crippen molar-refractivity contribution in [2.75, 3.05) is 20.2 Å². The molecule has 0 fully saturated rings. The van der Waals surface area contributed by atoms with Gasteiger partial charge in [-0.15, -0.1) is 0 Å². The van der Waals surface area contributed by atoms with E-state index in [0.717, 1.165) is 0 Å². The number of hydrogen-bond donors (Lipinski definition) is 1. The largest absolute Gasteiger partial charge is 0.396 e. The van der Waals surface area contributed by atoms with Gasteiger partial charge in [0, 0.05) is 12.1 Å². The highest BCUT2D eigenvalue weighted by atomic mass is 16.3. The molecule has 78 valence electrons. The van der Waals surface area contributed by atoms with E-state index in [2.05, 4.69) is 25.7 Å². The molecule has 0 spiro atoms. The fourth-order valence-electron chi connectivity index (χ4n) is 0.919. The van der Waals surface area contributed by atoms with Crippen LogP contribution in [0.5, 0.6) is 0 Å². The number of rotatable bonds is 4. The molecule has 0 rings (SSSR count). The Bertz CT molecular complexity index is 172. The molecular formula is C10H21NO2. The molecule has 0 aromatic rings. The summed E-state index contributed by atoms with van der Waals surface area (Å²) in [7, 11) is 1.96. The molecule has 0 aliphatic heterocycles. The molecule has 0 bridgehead atoms. The summed E-state index contributed by atoms with van der Waals surface area (Å²) in [5.41, 5.74) is 0.0445. The van der Waals surface area contributed by atoms with Crippen LogP contribution in [-0.4, -0.2) is 41.5 Å². The summed E-state index contributed by atoms with van der Waals surface area (Å²) >= 11 is 0. The maximum Gasteiger partial charge on any atom is 0.136 e. The summed E-state index contributed by atoms with van der Waals surface area (Å²) in [6.45, 7) is 8.34. The van der Waals surface area contributed by atoms with E-state index >= 15 is 0 Å². The standard InChI is InChI=1S/C10H21NO2/c1-8(13)9(7-12)6-11(5)10(2,3)4/h9,12H,6-7H2,1-5H3. The maximum atomic E-state index is 11.1. The minimum atomic E-state index is -0.246. The maximum absolute atomic E-state index is 11.1. The van der Waals surface area contributed by atoms with E-state index in [4.69, 9.17) is 5.11 Å². The van der Waals surface area contributed by atoms with E-state index in [1.54, 1.807) is 0 Å². The second-order valence-electron chi connectivity index (χ2n) is 4.54. The van der Waals surface area contributed by atoms with Gasteiger partial charge in [-0.05, 0) is 34.7 Å². The van der Waals surface area contributed by atoms with E-state index in [1.165, 1.54) is 6.92 Å². The Morgan fingerprint density at radius 2 is 1.92 bits per heavy atom. The van der Waals surface area contributed by atoms with E-state index in [0.29, 0.717) is 6.54 Å². The first-order chi connectivity index (χ1) is 5.79. The Morgan fingerprint density at radius 1 is 1.46 bits per heavy atom. The predicted molar refractivity (Wildman–Crippen MR) is 53.6 cm³/mol. The molecule has 0 aromatic heterocycles. The summed E-state index contributed by atoms with van der Waals surface area (Å²) in [4.78, 5) is 13.1. The van der Waals surface area contributed by atoms with Crippen LogP contribution in [0.25, 0.3) is 0 Å². The molecule has 1 N–H and O–H groups in total. The van der Waals surface area contributed by atoms with Gasteiger partial charge in [-0.3, -0.25) is 4.79 Å². The molecule has 3 nitrogen and oxygen atoms in total. The Hall–Kier alpha value is -0.410. The lowest BCUT2D eigenvalue weighted by Crippen LogP contribution is -2.43. The topological polar surface area (TPSA) is 40.5 Å². The lowest BCUT2D eigenvalue weighted by molar-refractivity contribution is -0.122. The average Bonchev–Trinajstić information content (AvgIpc) is 1.96. The lowest BCUT2D eigenvalue weighted by atomic mass is 10.0. The normalized spacial score (nSPS) is 14.7. The van der Waals surface area contributed by atoms with Crippen molar-refractivity contribution in [3.05, 3.63) is 0 Å². The van der Waals surface area contributed by atoms with Crippen molar-refractivity contribution in [3.63, 3.8) is 0 Å². The van der Waals surface area contributed by atoms with Gasteiger partial charge in [0.25, 0.3) is 0 Å². The number of Topliss-reactive ketones (excluding diaryl/α,β-unsaturated/α-hetero) is 1. The monoisotopic (exact) mass is 187 g/mol. The van der Waals surface area contributed by atoms with Crippen LogP contribution >= 0.6 is 0 Å². The predicted octanol–water partition coefficient (Wildman–Crippen LogP) is 0.914. The van der Waals surface area contributed by atoms with Gasteiger partial charge >= 0.3 is 0 Å². The van der Waals surface area contributed by atoms with Gasteiger partial charge in [-0.2, -0.15) is 0 Å². The zero-order valence-corrected chi connectivity index (χ0v) is 9.29. The Labute approximate surface area is 80.7 Å². The van der Waals surface area contributed by atoms with Crippen LogP contribution in [0, 0.1) is 5.92 Å². The fraction of sp³-hybridized carbons (Fsp3) is 0.900. The SMILES string of the molecule is CC(=O)C(CO)CN(C)C(C)(C)C. The lowest BCUT2D eigenvalue weighted by Gasteiger charge is -2.33. The van der Waals surface area contributed by atoms with Crippen molar-refractivity contribution in [2.24, 2.45) is 5.92 Å². The Kier molecular flexibility index (Phi) is 4.57. The first-order valence-corrected chi connectivity index (χ1v) is 4.61. The van der Waals surface area contributed by atoms with E-state index in [-0.39, 0.29) is 23.8 Å². The quantitative estimate of drug-likeness (QED) is 0.711. The number of hydrogen-bond acceptors (Lipinski definition) is 3. The van der Waals surface area contributed by atoms with Crippen LogP contribution < -0.4 is 0 Å². The van der Waals surface area contributed by atoms with Crippen LogP contribution in [0.15, 0.2) is 0 Å². The van der Waals surface area contributed by atoms with Crippen molar-refractivity contribution < 1.29 is 9.90 Å². The van der Waals surface area contributed by atoms with Crippen molar-refractivity contribution in [3.8, 4) is 0 Å². The van der Waals surface area contributed by atoms with Crippen LogP contribution in [0.4, 0.5) is 0 Å². The van der Waals surface area contributed by atoms with Crippen LogP contribution in [-0.2, 0) is 4.79 Å². The number of aliphatic hydroxyl groups excluding tert-OH is 1. The van der Waals surface area contributed by atoms with E-state index in [9.17, 15) is 4.79 Å². The van der Waals surface area contributed by atoms with Crippen LogP contribution in [0.3, 0.4) is 0 Å². The number of nitrogens with zero attached hydrogens (tertiary/aromatic N) is 1. The molecule has 0 aliphatic rings. The molecular weight excluding hydrogens is 166 g/mol. The molecule has 1 atom stereocenters. The van der Waals surface area contributed by atoms with Crippen molar-refractivity contribution in [2.45, 2.75) is 33.2 Å². The van der Waals surface area contributed by atoms with E-state index < -0.39 is 0 Å². The molecule has 0 aromatic carbocycles. The van der Waals surface area contributed by atoms with Crippen LogP contribution in [0.2, 0.25) is 0 Å². The third-order valence-corrected chi connectivity index (χ3v) is 2.43. The molecule has 13 heavy (non-hydrogen) atoms. The summed E-state index contributed by atoms with van der Waals surface area (Å²) < 4.78 is 0. The number of carbonyl (C=O) groups excluding carboxylic acids is 1. The number of ketones is 1. The molecule has 1 unspecified atom stereocenters. The second kappa shape index (κ2) is 4.72. The van der Waals surface area contributed by atoms with Gasteiger partial charge in [0.15, 0.2) is 0 Å². The van der Waals surface area contributed by atoms with Crippen molar-refractivity contribution >= 4 is 5.78 Å². The molecule has 0 amide bonds. The highest BCUT2D eigenvalue weighted by Gasteiger charge is 2.22. The van der Waals surface area contributed by atoms with Crippen molar-refractivity contribution in [1.82, 2.24) is 4.90 Å². The second-order valence-corrected chi connectivity index (χ2v) is 4.54. The molecule has 0 aliphatic carbocycles. The first kappa shape index (κ1) is 12.6. The average molecular weight is 187 g/mol. The third-order valence-electron chi connectivity index (χ3n) is 2.43. The summed E-state index contributed by atoms with van der Waals surface area (Å²) in [5, 5.41) is 8.96. The molecule has 3 heteroatoms. The molecule has 0 heterocycles. The summed E-state index contributed by atoms with van der Waals surface area (Å²) in [5.74, 6) is -0.192. The fourth-order valence-corrected chi connectivity index (χ4v) is 0.919. The van der Waals surface area contributed by atoms with Crippen LogP contribution in [0.1, 0.15) is 27.7 Å². The zero-order chi connectivity index (χ0) is 10.6. The summed E-state index contributed by atoms with van der Waals surface area (Å²) in [6.07, 6.45) is 0. The number of carbonyl (C=O) groups is 1. The van der Waals surface area contributed by atoms with Gasteiger partial charge < -0.3 is 10.0 Å². The van der Waals surface area contributed by atoms with Gasteiger partial charge in [-0.1, -0.05) is 0 Å². The van der Waals surface area contributed by atoms with Gasteiger partial charge in [0.2, 0.25) is 0 Å². The van der Waals surface area contributed by atoms with E-state index in [1.807, 2.05) is 7.05 Å². The smallest absolute Gasteiger partial charge is 0.136 e. The first-order valence-electron chi connectivity index (χ1n) is 4.61. The third kappa shape index (κ3) is 4.39. The van der Waals surface area contributed by atoms with Gasteiger partial charge in [0.1, 0.15) is 5.78 Å².